The minimum atomic E-state index is -0.942. The maximum absolute atomic E-state index is 10.2. The average molecular weight is 199 g/mol. The summed E-state index contributed by atoms with van der Waals surface area (Å²) in [6.45, 7) is 5.39. The van der Waals surface area contributed by atoms with Crippen LogP contribution < -0.4 is 11.5 Å². The number of carboxylic acid groups (broad SMARTS) is 1. The number of hydrogen-bond acceptors (Lipinski definition) is 3. The molecular formula is C7H19ClN2O2. The molecule has 0 unspecified atom stereocenters. The van der Waals surface area contributed by atoms with Gasteiger partial charge in [0, 0.05) is 0 Å². The van der Waals surface area contributed by atoms with Gasteiger partial charge in [-0.15, -0.1) is 12.4 Å². The van der Waals surface area contributed by atoms with Crippen molar-refractivity contribution in [3.8, 4) is 0 Å². The lowest BCUT2D eigenvalue weighted by atomic mass is 9.88. The number of carboxylic acids is 1. The molecule has 0 spiro atoms. The van der Waals surface area contributed by atoms with Crippen molar-refractivity contribution >= 4 is 18.4 Å². The van der Waals surface area contributed by atoms with Crippen molar-refractivity contribution in [1.29, 1.82) is 0 Å². The molecule has 0 saturated carbocycles. The molecule has 76 valence electrons. The first kappa shape index (κ1) is 17.7. The average Bonchev–Trinajstić information content (AvgIpc) is 1.89. The second-order valence-corrected chi connectivity index (χ2v) is 3.18. The summed E-state index contributed by atoms with van der Waals surface area (Å²) >= 11 is 0. The normalized spacial score (nSPS) is 11.8. The zero-order chi connectivity index (χ0) is 9.65. The summed E-state index contributed by atoms with van der Waals surface area (Å²) < 4.78 is 0. The van der Waals surface area contributed by atoms with Gasteiger partial charge in [0.1, 0.15) is 6.04 Å². The van der Waals surface area contributed by atoms with Crippen LogP contribution in [0.1, 0.15) is 20.8 Å². The van der Waals surface area contributed by atoms with E-state index < -0.39 is 12.0 Å². The third kappa shape index (κ3) is 7.78. The van der Waals surface area contributed by atoms with Crippen LogP contribution in [0.25, 0.3) is 0 Å². The van der Waals surface area contributed by atoms with Gasteiger partial charge in [-0.3, -0.25) is 4.79 Å². The fourth-order valence-electron chi connectivity index (χ4n) is 0.370. The molecule has 0 aromatic carbocycles. The molecule has 0 saturated heterocycles. The Labute approximate surface area is 79.7 Å². The van der Waals surface area contributed by atoms with Gasteiger partial charge in [0.15, 0.2) is 0 Å². The van der Waals surface area contributed by atoms with E-state index in [0.29, 0.717) is 0 Å². The largest absolute Gasteiger partial charge is 0.480 e. The lowest BCUT2D eigenvalue weighted by molar-refractivity contribution is -0.141. The molecule has 5 heteroatoms. The van der Waals surface area contributed by atoms with E-state index in [1.165, 1.54) is 7.05 Å². The first-order chi connectivity index (χ1) is 4.85. The zero-order valence-corrected chi connectivity index (χ0v) is 8.81. The smallest absolute Gasteiger partial charge is 0.321 e. The Kier molecular flexibility index (Phi) is 10.8. The fourth-order valence-corrected chi connectivity index (χ4v) is 0.370. The predicted octanol–water partition coefficient (Wildman–Crippen LogP) is 0.441. The third-order valence-corrected chi connectivity index (χ3v) is 1.20. The summed E-state index contributed by atoms with van der Waals surface area (Å²) in [6.07, 6.45) is 0. The van der Waals surface area contributed by atoms with Crippen LogP contribution in [-0.2, 0) is 4.79 Å². The molecule has 0 amide bonds. The maximum atomic E-state index is 10.2. The van der Waals surface area contributed by atoms with E-state index in [9.17, 15) is 4.79 Å². The first-order valence-electron chi connectivity index (χ1n) is 3.42. The number of rotatable bonds is 1. The van der Waals surface area contributed by atoms with Crippen LogP contribution in [0.3, 0.4) is 0 Å². The number of halogens is 1. The van der Waals surface area contributed by atoms with E-state index in [-0.39, 0.29) is 17.8 Å². The summed E-state index contributed by atoms with van der Waals surface area (Å²) in [5.41, 5.74) is 9.45. The standard InChI is InChI=1S/C6H13NO2.CH5N.ClH/c1-6(2,3)4(7)5(8)9;1-2;/h4H,7H2,1-3H3,(H,8,9);2H2,1H3;1H/t4-;;/m1../s1. The molecule has 1 atom stereocenters. The number of carbonyl (C=O) groups is 1. The molecular weight excluding hydrogens is 180 g/mol. The van der Waals surface area contributed by atoms with Gasteiger partial charge in [-0.1, -0.05) is 20.8 Å². The molecule has 0 bridgehead atoms. The highest BCUT2D eigenvalue weighted by atomic mass is 35.5. The van der Waals surface area contributed by atoms with Gasteiger partial charge in [0.2, 0.25) is 0 Å². The van der Waals surface area contributed by atoms with Crippen molar-refractivity contribution in [2.75, 3.05) is 7.05 Å². The Morgan fingerprint density at radius 1 is 1.33 bits per heavy atom. The van der Waals surface area contributed by atoms with Crippen molar-refractivity contribution in [2.24, 2.45) is 16.9 Å². The van der Waals surface area contributed by atoms with Crippen LogP contribution in [0.2, 0.25) is 0 Å². The van der Waals surface area contributed by atoms with Crippen molar-refractivity contribution < 1.29 is 9.90 Å². The van der Waals surface area contributed by atoms with E-state index in [2.05, 4.69) is 5.73 Å². The molecule has 0 fully saturated rings. The molecule has 0 radical (unpaired) electrons. The molecule has 0 aliphatic heterocycles. The Bertz CT molecular complexity index is 123. The lowest BCUT2D eigenvalue weighted by Gasteiger charge is -2.22. The lowest BCUT2D eigenvalue weighted by Crippen LogP contribution is -2.41. The molecule has 0 heterocycles. The molecule has 0 aliphatic carbocycles. The van der Waals surface area contributed by atoms with Crippen molar-refractivity contribution in [2.45, 2.75) is 26.8 Å². The third-order valence-electron chi connectivity index (χ3n) is 1.20. The van der Waals surface area contributed by atoms with E-state index in [1.807, 2.05) is 0 Å². The topological polar surface area (TPSA) is 89.3 Å². The summed E-state index contributed by atoms with van der Waals surface area (Å²) in [6, 6.07) is -0.766. The Morgan fingerprint density at radius 2 is 1.58 bits per heavy atom. The molecule has 0 aromatic rings. The molecule has 0 aromatic heterocycles. The van der Waals surface area contributed by atoms with Gasteiger partial charge in [0.25, 0.3) is 0 Å². The summed E-state index contributed by atoms with van der Waals surface area (Å²) in [5, 5.41) is 8.39. The number of aliphatic carboxylic acids is 1. The molecule has 0 rings (SSSR count). The fraction of sp³-hybridized carbons (Fsp3) is 0.857. The van der Waals surface area contributed by atoms with Crippen molar-refractivity contribution in [3.05, 3.63) is 0 Å². The first-order valence-corrected chi connectivity index (χ1v) is 3.42. The monoisotopic (exact) mass is 198 g/mol. The van der Waals surface area contributed by atoms with Crippen molar-refractivity contribution in [1.82, 2.24) is 0 Å². The van der Waals surface area contributed by atoms with Gasteiger partial charge < -0.3 is 16.6 Å². The highest BCUT2D eigenvalue weighted by Gasteiger charge is 2.26. The Balaban J connectivity index is -0.000000249. The number of hydrogen-bond donors (Lipinski definition) is 3. The Hall–Kier alpha value is -0.320. The van der Waals surface area contributed by atoms with Crippen molar-refractivity contribution in [3.63, 3.8) is 0 Å². The van der Waals surface area contributed by atoms with Crippen LogP contribution in [0.5, 0.6) is 0 Å². The summed E-state index contributed by atoms with van der Waals surface area (Å²) in [7, 11) is 1.50. The quantitative estimate of drug-likeness (QED) is 0.571. The van der Waals surface area contributed by atoms with E-state index >= 15 is 0 Å². The molecule has 4 nitrogen and oxygen atoms in total. The predicted molar refractivity (Wildman–Crippen MR) is 52.4 cm³/mol. The minimum Gasteiger partial charge on any atom is -0.480 e. The van der Waals surface area contributed by atoms with E-state index in [0.717, 1.165) is 0 Å². The molecule has 5 N–H and O–H groups in total. The summed E-state index contributed by atoms with van der Waals surface area (Å²) in [4.78, 5) is 10.2. The maximum Gasteiger partial charge on any atom is 0.321 e. The highest BCUT2D eigenvalue weighted by molar-refractivity contribution is 5.85. The van der Waals surface area contributed by atoms with Gasteiger partial charge in [-0.2, -0.15) is 0 Å². The second-order valence-electron chi connectivity index (χ2n) is 3.18. The van der Waals surface area contributed by atoms with E-state index in [4.69, 9.17) is 10.8 Å². The van der Waals surface area contributed by atoms with Gasteiger partial charge in [0.05, 0.1) is 0 Å². The molecule has 0 aliphatic rings. The second kappa shape index (κ2) is 7.34. The molecule has 12 heavy (non-hydrogen) atoms. The van der Waals surface area contributed by atoms with Gasteiger partial charge in [-0.05, 0) is 12.5 Å². The minimum absolute atomic E-state index is 0. The van der Waals surface area contributed by atoms with Crippen LogP contribution in [0.4, 0.5) is 0 Å². The van der Waals surface area contributed by atoms with Gasteiger partial charge in [-0.25, -0.2) is 0 Å². The van der Waals surface area contributed by atoms with Crippen LogP contribution >= 0.6 is 12.4 Å². The van der Waals surface area contributed by atoms with Gasteiger partial charge >= 0.3 is 5.97 Å². The van der Waals surface area contributed by atoms with E-state index in [1.54, 1.807) is 20.8 Å². The summed E-state index contributed by atoms with van der Waals surface area (Å²) in [5.74, 6) is -0.942. The Morgan fingerprint density at radius 3 is 1.58 bits per heavy atom. The highest BCUT2D eigenvalue weighted by Crippen LogP contribution is 2.16. The SMILES string of the molecule is CC(C)(C)[C@H](N)C(=O)O.CN.Cl. The zero-order valence-electron chi connectivity index (χ0n) is 8.00. The van der Waals surface area contributed by atoms with Crippen LogP contribution in [0, 0.1) is 5.41 Å². The van der Waals surface area contributed by atoms with Crippen LogP contribution in [0.15, 0.2) is 0 Å². The number of nitrogens with two attached hydrogens (primary N) is 2. The van der Waals surface area contributed by atoms with Crippen LogP contribution in [-0.4, -0.2) is 24.2 Å².